The fourth-order valence-corrected chi connectivity index (χ4v) is 4.05. The maximum atomic E-state index is 12.7. The second-order valence-corrected chi connectivity index (χ2v) is 9.35. The van der Waals surface area contributed by atoms with Crippen molar-refractivity contribution >= 4 is 44.8 Å². The molecule has 0 fully saturated rings. The molecule has 0 bridgehead atoms. The van der Waals surface area contributed by atoms with Gasteiger partial charge in [-0.2, -0.15) is 0 Å². The molecule has 0 aliphatic heterocycles. The SMILES string of the molecule is CS(=O)(=O)N(CC(=O)Nc1ccccc1C(=O)NCc1ccccc1)c1cccc(Cl)c1. The number of anilines is 2. The first-order valence-corrected chi connectivity index (χ1v) is 11.9. The van der Waals surface area contributed by atoms with Crippen LogP contribution in [0.4, 0.5) is 11.4 Å². The van der Waals surface area contributed by atoms with Gasteiger partial charge < -0.3 is 10.6 Å². The zero-order valence-corrected chi connectivity index (χ0v) is 18.9. The lowest BCUT2D eigenvalue weighted by Gasteiger charge is -2.22. The Morgan fingerprint density at radius 3 is 2.31 bits per heavy atom. The van der Waals surface area contributed by atoms with Crippen LogP contribution in [0.25, 0.3) is 0 Å². The summed E-state index contributed by atoms with van der Waals surface area (Å²) in [6.45, 7) is -0.141. The Kier molecular flexibility index (Phi) is 7.50. The number of para-hydroxylation sites is 1. The van der Waals surface area contributed by atoms with Gasteiger partial charge in [-0.1, -0.05) is 60.1 Å². The lowest BCUT2D eigenvalue weighted by Crippen LogP contribution is -2.37. The van der Waals surface area contributed by atoms with Gasteiger partial charge >= 0.3 is 0 Å². The molecule has 0 aliphatic rings. The smallest absolute Gasteiger partial charge is 0.253 e. The molecule has 2 N–H and O–H groups in total. The molecule has 0 saturated heterocycles. The number of carbonyl (C=O) groups excluding carboxylic acids is 2. The van der Waals surface area contributed by atoms with Crippen LogP contribution < -0.4 is 14.9 Å². The van der Waals surface area contributed by atoms with Crippen LogP contribution in [0, 0.1) is 0 Å². The number of sulfonamides is 1. The number of halogens is 1. The highest BCUT2D eigenvalue weighted by atomic mass is 35.5. The third-order valence-electron chi connectivity index (χ3n) is 4.53. The first-order chi connectivity index (χ1) is 15.2. The Bertz CT molecular complexity index is 1220. The molecule has 9 heteroatoms. The van der Waals surface area contributed by atoms with E-state index in [9.17, 15) is 18.0 Å². The second kappa shape index (κ2) is 10.3. The highest BCUT2D eigenvalue weighted by molar-refractivity contribution is 7.92. The average Bonchev–Trinajstić information content (AvgIpc) is 2.76. The van der Waals surface area contributed by atoms with Crippen LogP contribution in [0.5, 0.6) is 0 Å². The molecule has 0 radical (unpaired) electrons. The van der Waals surface area contributed by atoms with Gasteiger partial charge in [0.1, 0.15) is 6.54 Å². The largest absolute Gasteiger partial charge is 0.348 e. The van der Waals surface area contributed by atoms with E-state index in [0.717, 1.165) is 16.1 Å². The number of hydrogen-bond acceptors (Lipinski definition) is 4. The van der Waals surface area contributed by atoms with E-state index >= 15 is 0 Å². The van der Waals surface area contributed by atoms with Crippen molar-refractivity contribution in [3.05, 3.63) is 95.0 Å². The number of amides is 2. The predicted molar refractivity (Wildman–Crippen MR) is 126 cm³/mol. The zero-order chi connectivity index (χ0) is 23.1. The molecule has 0 atom stereocenters. The molecule has 0 spiro atoms. The van der Waals surface area contributed by atoms with Crippen LogP contribution in [0.15, 0.2) is 78.9 Å². The topological polar surface area (TPSA) is 95.6 Å². The molecule has 2 amide bonds. The molecule has 3 rings (SSSR count). The highest BCUT2D eigenvalue weighted by Gasteiger charge is 2.22. The minimum Gasteiger partial charge on any atom is -0.348 e. The lowest BCUT2D eigenvalue weighted by atomic mass is 10.1. The summed E-state index contributed by atoms with van der Waals surface area (Å²) in [5.41, 5.74) is 1.75. The third kappa shape index (κ3) is 6.32. The molecule has 3 aromatic carbocycles. The first-order valence-electron chi connectivity index (χ1n) is 9.68. The second-order valence-electron chi connectivity index (χ2n) is 7.01. The predicted octanol–water partition coefficient (Wildman–Crippen LogP) is 3.67. The number of nitrogens with one attached hydrogen (secondary N) is 2. The van der Waals surface area contributed by atoms with Gasteiger partial charge in [-0.25, -0.2) is 8.42 Å². The number of benzene rings is 3. The van der Waals surface area contributed by atoms with Crippen LogP contribution in [0.3, 0.4) is 0 Å². The maximum Gasteiger partial charge on any atom is 0.253 e. The molecular weight excluding hydrogens is 450 g/mol. The van der Waals surface area contributed by atoms with Gasteiger partial charge in [0, 0.05) is 11.6 Å². The van der Waals surface area contributed by atoms with E-state index in [0.29, 0.717) is 11.6 Å². The monoisotopic (exact) mass is 471 g/mol. The Labute approximate surface area is 192 Å². The van der Waals surface area contributed by atoms with E-state index in [1.54, 1.807) is 42.5 Å². The number of nitrogens with zero attached hydrogens (tertiary/aromatic N) is 1. The zero-order valence-electron chi connectivity index (χ0n) is 17.3. The van der Waals surface area contributed by atoms with Crippen molar-refractivity contribution in [2.45, 2.75) is 6.54 Å². The van der Waals surface area contributed by atoms with E-state index in [1.165, 1.54) is 6.07 Å². The van der Waals surface area contributed by atoms with Gasteiger partial charge in [-0.05, 0) is 35.9 Å². The van der Waals surface area contributed by atoms with Crippen LogP contribution in [-0.4, -0.2) is 33.0 Å². The van der Waals surface area contributed by atoms with E-state index < -0.39 is 22.5 Å². The molecule has 166 valence electrons. The number of rotatable bonds is 8. The fraction of sp³-hybridized carbons (Fsp3) is 0.130. The van der Waals surface area contributed by atoms with Crippen molar-refractivity contribution in [1.29, 1.82) is 0 Å². The molecule has 32 heavy (non-hydrogen) atoms. The molecular formula is C23H22ClN3O4S. The van der Waals surface area contributed by atoms with Crippen molar-refractivity contribution in [3.63, 3.8) is 0 Å². The number of hydrogen-bond donors (Lipinski definition) is 2. The van der Waals surface area contributed by atoms with E-state index in [-0.39, 0.29) is 22.8 Å². The van der Waals surface area contributed by atoms with Crippen molar-refractivity contribution in [2.24, 2.45) is 0 Å². The van der Waals surface area contributed by atoms with Gasteiger partial charge in [0.2, 0.25) is 15.9 Å². The quantitative estimate of drug-likeness (QED) is 0.524. The Morgan fingerprint density at radius 2 is 1.62 bits per heavy atom. The van der Waals surface area contributed by atoms with Crippen LogP contribution in [0.2, 0.25) is 5.02 Å². The Morgan fingerprint density at radius 1 is 0.938 bits per heavy atom. The van der Waals surface area contributed by atoms with E-state index in [1.807, 2.05) is 30.3 Å². The molecule has 7 nitrogen and oxygen atoms in total. The van der Waals surface area contributed by atoms with E-state index in [2.05, 4.69) is 10.6 Å². The van der Waals surface area contributed by atoms with Gasteiger partial charge in [0.05, 0.1) is 23.2 Å². The normalized spacial score (nSPS) is 10.9. The summed E-state index contributed by atoms with van der Waals surface area (Å²) >= 11 is 5.97. The van der Waals surface area contributed by atoms with Crippen molar-refractivity contribution in [2.75, 3.05) is 22.4 Å². The van der Waals surface area contributed by atoms with E-state index in [4.69, 9.17) is 11.6 Å². The Hall–Kier alpha value is -3.36. The molecule has 0 aliphatic carbocycles. The third-order valence-corrected chi connectivity index (χ3v) is 5.90. The van der Waals surface area contributed by atoms with Gasteiger partial charge in [0.25, 0.3) is 5.91 Å². The maximum absolute atomic E-state index is 12.7. The van der Waals surface area contributed by atoms with Gasteiger partial charge in [0.15, 0.2) is 0 Å². The van der Waals surface area contributed by atoms with Crippen molar-refractivity contribution < 1.29 is 18.0 Å². The first kappa shape index (κ1) is 23.3. The van der Waals surface area contributed by atoms with Crippen molar-refractivity contribution in [3.8, 4) is 0 Å². The van der Waals surface area contributed by atoms with Crippen LogP contribution in [0.1, 0.15) is 15.9 Å². The molecule has 0 saturated carbocycles. The number of carbonyl (C=O) groups is 2. The summed E-state index contributed by atoms with van der Waals surface area (Å²) in [6.07, 6.45) is 1.01. The molecule has 0 unspecified atom stereocenters. The molecule has 0 aromatic heterocycles. The minimum atomic E-state index is -3.75. The summed E-state index contributed by atoms with van der Waals surface area (Å²) in [7, 11) is -3.75. The van der Waals surface area contributed by atoms with Crippen molar-refractivity contribution in [1.82, 2.24) is 5.32 Å². The highest BCUT2D eigenvalue weighted by Crippen LogP contribution is 2.22. The minimum absolute atomic E-state index is 0.268. The van der Waals surface area contributed by atoms with Crippen LogP contribution >= 0.6 is 11.6 Å². The van der Waals surface area contributed by atoms with Gasteiger partial charge in [-0.15, -0.1) is 0 Å². The fourth-order valence-electron chi connectivity index (χ4n) is 3.01. The summed E-state index contributed by atoms with van der Waals surface area (Å²) in [4.78, 5) is 25.4. The summed E-state index contributed by atoms with van der Waals surface area (Å²) in [6, 6.07) is 22.2. The standard InChI is InChI=1S/C23H22ClN3O4S/c1-32(30,31)27(19-11-7-10-18(24)14-19)16-22(28)26-21-13-6-5-12-20(21)23(29)25-15-17-8-3-2-4-9-17/h2-14H,15-16H2,1H3,(H,25,29)(H,26,28). The summed E-state index contributed by atoms with van der Waals surface area (Å²) in [5.74, 6) is -0.960. The lowest BCUT2D eigenvalue weighted by molar-refractivity contribution is -0.114. The average molecular weight is 472 g/mol. The molecule has 0 heterocycles. The van der Waals surface area contributed by atoms with Crippen LogP contribution in [-0.2, 0) is 21.4 Å². The van der Waals surface area contributed by atoms with Gasteiger partial charge in [-0.3, -0.25) is 13.9 Å². The summed E-state index contributed by atoms with van der Waals surface area (Å²) in [5, 5.41) is 5.80. The summed E-state index contributed by atoms with van der Waals surface area (Å²) < 4.78 is 25.5. The Balaban J connectivity index is 1.74. The molecule has 3 aromatic rings.